The van der Waals surface area contributed by atoms with E-state index in [0.717, 1.165) is 0 Å². The molecule has 0 aliphatic rings. The molecule has 1 aromatic rings. The predicted octanol–water partition coefficient (Wildman–Crippen LogP) is -0.339. The summed E-state index contributed by atoms with van der Waals surface area (Å²) in [5, 5.41) is 7.07. The van der Waals surface area contributed by atoms with Crippen molar-refractivity contribution in [2.24, 2.45) is 0 Å². The van der Waals surface area contributed by atoms with Crippen molar-refractivity contribution in [3.05, 3.63) is 16.6 Å². The van der Waals surface area contributed by atoms with Gasteiger partial charge in [0.2, 0.25) is 5.91 Å². The van der Waals surface area contributed by atoms with E-state index < -0.39 is 0 Å². The van der Waals surface area contributed by atoms with Gasteiger partial charge in [0.05, 0.1) is 0 Å². The van der Waals surface area contributed by atoms with E-state index in [-0.39, 0.29) is 17.2 Å². The lowest BCUT2D eigenvalue weighted by molar-refractivity contribution is -0.114. The largest absolute Gasteiger partial charge is 0.320 e. The fourth-order valence-corrected chi connectivity index (χ4v) is 0.589. The second kappa shape index (κ2) is 2.38. The van der Waals surface area contributed by atoms with Gasteiger partial charge in [0, 0.05) is 13.1 Å². The summed E-state index contributed by atoms with van der Waals surface area (Å²) in [7, 11) is 0. The quantitative estimate of drug-likeness (QED) is 0.500. The lowest BCUT2D eigenvalue weighted by Gasteiger charge is -1.91. The highest BCUT2D eigenvalue weighted by Crippen LogP contribution is 1.91. The van der Waals surface area contributed by atoms with Crippen molar-refractivity contribution in [3.8, 4) is 0 Å². The lowest BCUT2D eigenvalue weighted by Crippen LogP contribution is -2.12. The Morgan fingerprint density at radius 2 is 2.40 bits per heavy atom. The predicted molar refractivity (Wildman–Crippen MR) is 35.7 cm³/mol. The summed E-state index contributed by atoms with van der Waals surface area (Å²) < 4.78 is 0. The molecule has 0 unspecified atom stereocenters. The third-order valence-electron chi connectivity index (χ3n) is 0.958. The van der Waals surface area contributed by atoms with E-state index in [4.69, 9.17) is 0 Å². The summed E-state index contributed by atoms with van der Waals surface area (Å²) in [6, 6.07) is 0. The van der Waals surface area contributed by atoms with Crippen LogP contribution in [0.1, 0.15) is 6.92 Å². The number of aromatic amines is 2. The minimum absolute atomic E-state index is 0.243. The van der Waals surface area contributed by atoms with Gasteiger partial charge in [-0.1, -0.05) is 0 Å². The highest BCUT2D eigenvalue weighted by Gasteiger charge is 1.99. The van der Waals surface area contributed by atoms with Crippen molar-refractivity contribution < 1.29 is 4.79 Å². The Labute approximate surface area is 56.4 Å². The maximum absolute atomic E-state index is 10.7. The fraction of sp³-hybridized carbons (Fsp3) is 0.200. The number of carbonyl (C=O) groups is 1. The molecule has 1 heterocycles. The van der Waals surface area contributed by atoms with Crippen LogP contribution < -0.4 is 10.9 Å². The minimum Gasteiger partial charge on any atom is -0.320 e. The molecule has 1 rings (SSSR count). The summed E-state index contributed by atoms with van der Waals surface area (Å²) in [5.74, 6) is -0.259. The van der Waals surface area contributed by atoms with Gasteiger partial charge in [0.15, 0.2) is 0 Å². The van der Waals surface area contributed by atoms with Gasteiger partial charge in [-0.25, -0.2) is 0 Å². The van der Waals surface area contributed by atoms with Crippen LogP contribution in [0.25, 0.3) is 0 Å². The van der Waals surface area contributed by atoms with Crippen molar-refractivity contribution in [1.82, 2.24) is 10.2 Å². The Morgan fingerprint density at radius 1 is 1.70 bits per heavy atom. The molecule has 0 saturated heterocycles. The molecule has 0 aromatic carbocycles. The summed E-state index contributed by atoms with van der Waals surface area (Å²) >= 11 is 0. The number of aromatic nitrogens is 2. The van der Waals surface area contributed by atoms with E-state index in [2.05, 4.69) is 15.5 Å². The van der Waals surface area contributed by atoms with Crippen molar-refractivity contribution in [3.63, 3.8) is 0 Å². The van der Waals surface area contributed by atoms with Crippen LogP contribution in [0.15, 0.2) is 11.0 Å². The zero-order chi connectivity index (χ0) is 7.56. The number of carbonyl (C=O) groups excluding carboxylic acids is 1. The zero-order valence-corrected chi connectivity index (χ0v) is 5.39. The van der Waals surface area contributed by atoms with Crippen molar-refractivity contribution in [2.45, 2.75) is 6.92 Å². The van der Waals surface area contributed by atoms with E-state index in [1.165, 1.54) is 13.1 Å². The number of H-pyrrole nitrogens is 2. The standard InChI is InChI=1S/C5H7N3O2/c1-3(9)7-4-2-6-8-5(4)10/h2H,1H3,(H,7,9)(H2,6,8,10). The van der Waals surface area contributed by atoms with Crippen molar-refractivity contribution >= 4 is 11.6 Å². The van der Waals surface area contributed by atoms with Crippen LogP contribution in [0.5, 0.6) is 0 Å². The van der Waals surface area contributed by atoms with Gasteiger partial charge >= 0.3 is 0 Å². The van der Waals surface area contributed by atoms with E-state index in [9.17, 15) is 9.59 Å². The summed E-state index contributed by atoms with van der Waals surface area (Å²) in [6.07, 6.45) is 1.39. The summed E-state index contributed by atoms with van der Waals surface area (Å²) in [6.45, 7) is 1.34. The van der Waals surface area contributed by atoms with Crippen LogP contribution >= 0.6 is 0 Å². The molecule has 1 aromatic heterocycles. The normalized spacial score (nSPS) is 9.30. The highest BCUT2D eigenvalue weighted by molar-refractivity contribution is 5.88. The van der Waals surface area contributed by atoms with Gasteiger partial charge in [-0.3, -0.25) is 14.7 Å². The number of hydrogen-bond acceptors (Lipinski definition) is 2. The third-order valence-corrected chi connectivity index (χ3v) is 0.958. The second-order valence-corrected chi connectivity index (χ2v) is 1.84. The van der Waals surface area contributed by atoms with Crippen molar-refractivity contribution in [1.29, 1.82) is 0 Å². The Hall–Kier alpha value is -1.52. The van der Waals surface area contributed by atoms with Crippen LogP contribution in [0.4, 0.5) is 5.69 Å². The lowest BCUT2D eigenvalue weighted by atomic mass is 10.5. The van der Waals surface area contributed by atoms with Crippen LogP contribution in [-0.2, 0) is 4.79 Å². The molecule has 0 aliphatic heterocycles. The summed E-state index contributed by atoms with van der Waals surface area (Å²) in [4.78, 5) is 21.0. The van der Waals surface area contributed by atoms with Crippen LogP contribution in [0.2, 0.25) is 0 Å². The Kier molecular flexibility index (Phi) is 1.57. The van der Waals surface area contributed by atoms with Crippen LogP contribution in [-0.4, -0.2) is 16.1 Å². The Morgan fingerprint density at radius 3 is 2.80 bits per heavy atom. The minimum atomic E-state index is -0.324. The monoisotopic (exact) mass is 141 g/mol. The second-order valence-electron chi connectivity index (χ2n) is 1.84. The van der Waals surface area contributed by atoms with E-state index >= 15 is 0 Å². The molecular formula is C5H7N3O2. The smallest absolute Gasteiger partial charge is 0.287 e. The topological polar surface area (TPSA) is 77.8 Å². The first kappa shape index (κ1) is 6.60. The maximum atomic E-state index is 10.7. The van der Waals surface area contributed by atoms with E-state index in [0.29, 0.717) is 0 Å². The molecule has 0 spiro atoms. The highest BCUT2D eigenvalue weighted by atomic mass is 16.2. The number of anilines is 1. The third kappa shape index (κ3) is 1.25. The fourth-order valence-electron chi connectivity index (χ4n) is 0.589. The number of amides is 1. The van der Waals surface area contributed by atoms with E-state index in [1.54, 1.807) is 0 Å². The van der Waals surface area contributed by atoms with Crippen molar-refractivity contribution in [2.75, 3.05) is 5.32 Å². The molecule has 0 radical (unpaired) electrons. The molecule has 0 bridgehead atoms. The van der Waals surface area contributed by atoms with Gasteiger partial charge < -0.3 is 10.4 Å². The zero-order valence-electron chi connectivity index (χ0n) is 5.39. The molecule has 10 heavy (non-hydrogen) atoms. The molecular weight excluding hydrogens is 134 g/mol. The number of hydrogen-bond donors (Lipinski definition) is 3. The van der Waals surface area contributed by atoms with Crippen LogP contribution in [0, 0.1) is 0 Å². The summed E-state index contributed by atoms with van der Waals surface area (Å²) in [5.41, 5.74) is -0.0808. The number of nitrogens with one attached hydrogen (secondary N) is 3. The molecule has 0 saturated carbocycles. The first-order chi connectivity index (χ1) is 4.70. The molecule has 54 valence electrons. The molecule has 0 aliphatic carbocycles. The Bertz CT molecular complexity index is 285. The van der Waals surface area contributed by atoms with Crippen LogP contribution in [0.3, 0.4) is 0 Å². The molecule has 0 atom stereocenters. The first-order valence-electron chi connectivity index (χ1n) is 2.74. The number of rotatable bonds is 1. The molecule has 5 nitrogen and oxygen atoms in total. The molecule has 1 amide bonds. The van der Waals surface area contributed by atoms with Gasteiger partial charge in [-0.15, -0.1) is 0 Å². The van der Waals surface area contributed by atoms with E-state index in [1.807, 2.05) is 0 Å². The molecule has 3 N–H and O–H groups in total. The molecule has 5 heteroatoms. The first-order valence-corrected chi connectivity index (χ1v) is 2.74. The average molecular weight is 141 g/mol. The Balaban J connectivity index is 2.85. The van der Waals surface area contributed by atoms with Gasteiger partial charge in [-0.2, -0.15) is 0 Å². The average Bonchev–Trinajstić information content (AvgIpc) is 2.15. The SMILES string of the molecule is CC(=O)Nc1c[nH][nH]c1=O. The van der Waals surface area contributed by atoms with Gasteiger partial charge in [-0.05, 0) is 0 Å². The maximum Gasteiger partial charge on any atom is 0.287 e. The molecule has 0 fully saturated rings. The van der Waals surface area contributed by atoms with Gasteiger partial charge in [0.25, 0.3) is 5.56 Å². The van der Waals surface area contributed by atoms with Gasteiger partial charge in [0.1, 0.15) is 5.69 Å².